The van der Waals surface area contributed by atoms with E-state index in [0.29, 0.717) is 23.0 Å². The number of aromatic nitrogens is 3. The summed E-state index contributed by atoms with van der Waals surface area (Å²) in [6, 6.07) is 10.2. The summed E-state index contributed by atoms with van der Waals surface area (Å²) in [5.41, 5.74) is 0.368. The van der Waals surface area contributed by atoms with E-state index in [9.17, 15) is 13.2 Å². The quantitative estimate of drug-likeness (QED) is 0.628. The summed E-state index contributed by atoms with van der Waals surface area (Å²) in [4.78, 5) is 19.1. The second-order valence-corrected chi connectivity index (χ2v) is 8.85. The topological polar surface area (TPSA) is 97.2 Å². The molecule has 9 heteroatoms. The van der Waals surface area contributed by atoms with Gasteiger partial charge in [0.25, 0.3) is 5.56 Å². The molecule has 8 nitrogen and oxygen atoms in total. The Bertz CT molecular complexity index is 1160. The second kappa shape index (κ2) is 8.40. The zero-order valence-corrected chi connectivity index (χ0v) is 16.8. The fraction of sp³-hybridized carbons (Fsp3) is 0.350. The Kier molecular flexibility index (Phi) is 5.70. The van der Waals surface area contributed by atoms with Crippen LogP contribution in [-0.2, 0) is 23.1 Å². The second-order valence-electron chi connectivity index (χ2n) is 7.08. The molecule has 2 aromatic heterocycles. The molecule has 1 N–H and O–H groups in total. The molecule has 0 bridgehead atoms. The lowest BCUT2D eigenvalue weighted by Gasteiger charge is -2.16. The van der Waals surface area contributed by atoms with Gasteiger partial charge in [-0.25, -0.2) is 17.8 Å². The molecule has 0 amide bonds. The molecule has 0 unspecified atom stereocenters. The fourth-order valence-electron chi connectivity index (χ4n) is 3.58. The standard InChI is InChI=1S/C20H23N5O3S/c26-20-18-8-2-1-7-17(18)19(23-25(20)13-12-24-10-3-4-11-24)15-22-29(27,28)16-6-5-9-21-14-16/h1-2,5-9,14,22H,3-4,10-13,15H2. The van der Waals surface area contributed by atoms with Crippen LogP contribution in [0.3, 0.4) is 0 Å². The minimum Gasteiger partial charge on any atom is -0.301 e. The Morgan fingerprint density at radius 3 is 2.48 bits per heavy atom. The molecular weight excluding hydrogens is 390 g/mol. The van der Waals surface area contributed by atoms with Crippen LogP contribution in [0.5, 0.6) is 0 Å². The molecule has 0 atom stereocenters. The summed E-state index contributed by atoms with van der Waals surface area (Å²) in [6.07, 6.45) is 5.18. The van der Waals surface area contributed by atoms with Gasteiger partial charge in [0.2, 0.25) is 10.0 Å². The van der Waals surface area contributed by atoms with Gasteiger partial charge >= 0.3 is 0 Å². The Labute approximate surface area is 169 Å². The molecule has 3 aromatic rings. The maximum absolute atomic E-state index is 12.8. The van der Waals surface area contributed by atoms with Gasteiger partial charge in [-0.2, -0.15) is 5.10 Å². The summed E-state index contributed by atoms with van der Waals surface area (Å²) in [5, 5.41) is 5.69. The van der Waals surface area contributed by atoms with Crippen molar-refractivity contribution >= 4 is 20.8 Å². The summed E-state index contributed by atoms with van der Waals surface area (Å²) < 4.78 is 29.1. The molecule has 0 radical (unpaired) electrons. The number of rotatable bonds is 7. The monoisotopic (exact) mass is 413 g/mol. The van der Waals surface area contributed by atoms with Crippen molar-refractivity contribution in [3.05, 3.63) is 64.8 Å². The zero-order valence-electron chi connectivity index (χ0n) is 16.0. The summed E-state index contributed by atoms with van der Waals surface area (Å²) in [5.74, 6) is 0. The van der Waals surface area contributed by atoms with Crippen molar-refractivity contribution in [1.29, 1.82) is 0 Å². The van der Waals surface area contributed by atoms with E-state index in [0.717, 1.165) is 19.6 Å². The maximum Gasteiger partial charge on any atom is 0.274 e. The molecule has 1 saturated heterocycles. The number of pyridine rings is 1. The molecule has 0 spiro atoms. The van der Waals surface area contributed by atoms with Crippen LogP contribution < -0.4 is 10.3 Å². The number of benzene rings is 1. The van der Waals surface area contributed by atoms with Gasteiger partial charge in [-0.1, -0.05) is 18.2 Å². The molecule has 1 fully saturated rings. The molecule has 29 heavy (non-hydrogen) atoms. The van der Waals surface area contributed by atoms with Crippen LogP contribution in [0.15, 0.2) is 58.5 Å². The lowest BCUT2D eigenvalue weighted by Crippen LogP contribution is -2.32. The Balaban J connectivity index is 1.62. The first kappa shape index (κ1) is 19.7. The number of hydrogen-bond donors (Lipinski definition) is 1. The molecule has 0 saturated carbocycles. The number of nitrogens with one attached hydrogen (secondary N) is 1. The minimum absolute atomic E-state index is 0.0122. The van der Waals surface area contributed by atoms with Crippen LogP contribution in [0.1, 0.15) is 18.5 Å². The Morgan fingerprint density at radius 2 is 1.76 bits per heavy atom. The van der Waals surface area contributed by atoms with Crippen LogP contribution in [0, 0.1) is 0 Å². The molecule has 4 rings (SSSR count). The van der Waals surface area contributed by atoms with Gasteiger partial charge in [0.1, 0.15) is 4.90 Å². The average molecular weight is 414 g/mol. The van der Waals surface area contributed by atoms with E-state index in [4.69, 9.17) is 0 Å². The first-order chi connectivity index (χ1) is 14.0. The third-order valence-electron chi connectivity index (χ3n) is 5.15. The lowest BCUT2D eigenvalue weighted by atomic mass is 10.1. The van der Waals surface area contributed by atoms with Crippen LogP contribution in [0.2, 0.25) is 0 Å². The molecule has 152 valence electrons. The minimum atomic E-state index is -3.72. The predicted octanol–water partition coefficient (Wildman–Crippen LogP) is 1.37. The smallest absolute Gasteiger partial charge is 0.274 e. The number of nitrogens with zero attached hydrogens (tertiary/aromatic N) is 4. The van der Waals surface area contributed by atoms with Crippen molar-refractivity contribution in [2.45, 2.75) is 30.8 Å². The summed E-state index contributed by atoms with van der Waals surface area (Å²) in [6.45, 7) is 3.31. The highest BCUT2D eigenvalue weighted by molar-refractivity contribution is 7.89. The zero-order chi connectivity index (χ0) is 20.3. The highest BCUT2D eigenvalue weighted by atomic mass is 32.2. The van der Waals surface area contributed by atoms with Crippen LogP contribution in [-0.4, -0.2) is 47.7 Å². The first-order valence-electron chi connectivity index (χ1n) is 9.65. The van der Waals surface area contributed by atoms with Gasteiger partial charge < -0.3 is 4.90 Å². The Morgan fingerprint density at radius 1 is 1.00 bits per heavy atom. The van der Waals surface area contributed by atoms with Gasteiger partial charge in [0.15, 0.2) is 0 Å². The van der Waals surface area contributed by atoms with Crippen molar-refractivity contribution in [1.82, 2.24) is 24.4 Å². The summed E-state index contributed by atoms with van der Waals surface area (Å²) >= 11 is 0. The molecule has 0 aliphatic carbocycles. The third kappa shape index (κ3) is 4.36. The molecule has 3 heterocycles. The average Bonchev–Trinajstić information content (AvgIpc) is 3.27. The number of fused-ring (bicyclic) bond motifs is 1. The van der Waals surface area contributed by atoms with Crippen molar-refractivity contribution in [3.8, 4) is 0 Å². The van der Waals surface area contributed by atoms with E-state index in [-0.39, 0.29) is 17.0 Å². The molecule has 1 aliphatic heterocycles. The van der Waals surface area contributed by atoms with Crippen LogP contribution in [0.25, 0.3) is 10.8 Å². The van der Waals surface area contributed by atoms with E-state index >= 15 is 0 Å². The molecular formula is C20H23N5O3S. The fourth-order valence-corrected chi connectivity index (χ4v) is 4.53. The number of likely N-dealkylation sites (tertiary alicyclic amines) is 1. The van der Waals surface area contributed by atoms with E-state index in [1.807, 2.05) is 6.07 Å². The SMILES string of the molecule is O=c1c2ccccc2c(CNS(=O)(=O)c2cccnc2)nn1CCN1CCCC1. The van der Waals surface area contributed by atoms with Crippen molar-refractivity contribution < 1.29 is 8.42 Å². The van der Waals surface area contributed by atoms with Crippen molar-refractivity contribution in [2.24, 2.45) is 0 Å². The third-order valence-corrected chi connectivity index (χ3v) is 6.53. The number of sulfonamides is 1. The first-order valence-corrected chi connectivity index (χ1v) is 11.1. The van der Waals surface area contributed by atoms with Crippen molar-refractivity contribution in [2.75, 3.05) is 19.6 Å². The maximum atomic E-state index is 12.8. The predicted molar refractivity (Wildman–Crippen MR) is 110 cm³/mol. The van der Waals surface area contributed by atoms with Gasteiger partial charge in [-0.15, -0.1) is 0 Å². The van der Waals surface area contributed by atoms with Gasteiger partial charge in [-0.3, -0.25) is 9.78 Å². The number of hydrogen-bond acceptors (Lipinski definition) is 6. The van der Waals surface area contributed by atoms with Gasteiger partial charge in [0.05, 0.1) is 24.2 Å². The van der Waals surface area contributed by atoms with E-state index < -0.39 is 10.0 Å². The van der Waals surface area contributed by atoms with E-state index in [1.165, 1.54) is 36.0 Å². The van der Waals surface area contributed by atoms with E-state index in [1.54, 1.807) is 24.3 Å². The largest absolute Gasteiger partial charge is 0.301 e. The highest BCUT2D eigenvalue weighted by Crippen LogP contribution is 2.15. The van der Waals surface area contributed by atoms with E-state index in [2.05, 4.69) is 19.7 Å². The van der Waals surface area contributed by atoms with Gasteiger partial charge in [0, 0.05) is 24.3 Å². The lowest BCUT2D eigenvalue weighted by molar-refractivity contribution is 0.312. The Hall–Kier alpha value is -2.62. The molecule has 1 aromatic carbocycles. The van der Waals surface area contributed by atoms with Gasteiger partial charge in [-0.05, 0) is 44.1 Å². The van der Waals surface area contributed by atoms with Crippen LogP contribution in [0.4, 0.5) is 0 Å². The highest BCUT2D eigenvalue weighted by Gasteiger charge is 2.17. The summed E-state index contributed by atoms with van der Waals surface area (Å²) in [7, 11) is -3.72. The van der Waals surface area contributed by atoms with Crippen LogP contribution >= 0.6 is 0 Å². The van der Waals surface area contributed by atoms with Crippen molar-refractivity contribution in [3.63, 3.8) is 0 Å². The molecule has 1 aliphatic rings. The normalized spacial score (nSPS) is 15.2.